The van der Waals surface area contributed by atoms with Crippen LogP contribution < -0.4 is 5.32 Å². The number of hydrogen-bond donors (Lipinski definition) is 2. The standard InChI is InChI=1S/C22H19F3N2O3/c1-13-11-17(21(30)26-16-9-7-15(8-10-16)12-20(28)29)14(2)27(13)19-6-4-3-5-18(19)22(23,24)25/h3-11H,12H2,1-2H3,(H,26,30)(H,28,29). The number of aryl methyl sites for hydroxylation is 1. The Morgan fingerprint density at radius 2 is 1.67 bits per heavy atom. The highest BCUT2D eigenvalue weighted by Crippen LogP contribution is 2.35. The number of amides is 1. The van der Waals surface area contributed by atoms with Crippen LogP contribution in [0.1, 0.15) is 32.9 Å². The van der Waals surface area contributed by atoms with Crippen LogP contribution in [-0.2, 0) is 17.4 Å². The molecule has 2 aromatic carbocycles. The topological polar surface area (TPSA) is 71.3 Å². The molecular formula is C22H19F3N2O3. The van der Waals surface area contributed by atoms with Crippen LogP contribution >= 0.6 is 0 Å². The Bertz CT molecular complexity index is 1100. The number of carbonyl (C=O) groups excluding carboxylic acids is 1. The van der Waals surface area contributed by atoms with Gasteiger partial charge in [-0.15, -0.1) is 0 Å². The second kappa shape index (κ2) is 8.06. The zero-order valence-corrected chi connectivity index (χ0v) is 16.2. The third-order valence-corrected chi connectivity index (χ3v) is 4.69. The lowest BCUT2D eigenvalue weighted by atomic mass is 10.1. The molecule has 0 radical (unpaired) electrons. The van der Waals surface area contributed by atoms with Crippen molar-refractivity contribution in [3.05, 3.63) is 82.7 Å². The fourth-order valence-electron chi connectivity index (χ4n) is 3.35. The van der Waals surface area contributed by atoms with E-state index in [0.717, 1.165) is 6.07 Å². The lowest BCUT2D eigenvalue weighted by molar-refractivity contribution is -0.138. The molecule has 5 nitrogen and oxygen atoms in total. The fourth-order valence-corrected chi connectivity index (χ4v) is 3.35. The second-order valence-electron chi connectivity index (χ2n) is 6.86. The first-order chi connectivity index (χ1) is 14.1. The number of carbonyl (C=O) groups is 2. The zero-order chi connectivity index (χ0) is 22.1. The van der Waals surface area contributed by atoms with Crippen molar-refractivity contribution < 1.29 is 27.9 Å². The van der Waals surface area contributed by atoms with Gasteiger partial charge in [-0.1, -0.05) is 24.3 Å². The van der Waals surface area contributed by atoms with Gasteiger partial charge in [0, 0.05) is 17.1 Å². The van der Waals surface area contributed by atoms with Gasteiger partial charge in [-0.05, 0) is 49.7 Å². The van der Waals surface area contributed by atoms with E-state index in [-0.39, 0.29) is 17.7 Å². The lowest BCUT2D eigenvalue weighted by Gasteiger charge is -2.16. The molecule has 0 fully saturated rings. The van der Waals surface area contributed by atoms with Crippen molar-refractivity contribution in [3.8, 4) is 5.69 Å². The summed E-state index contributed by atoms with van der Waals surface area (Å²) >= 11 is 0. The lowest BCUT2D eigenvalue weighted by Crippen LogP contribution is -2.15. The smallest absolute Gasteiger partial charge is 0.418 e. The molecule has 3 aromatic rings. The molecule has 0 aliphatic heterocycles. The number of rotatable bonds is 5. The molecule has 0 saturated carbocycles. The molecule has 8 heteroatoms. The van der Waals surface area contributed by atoms with Gasteiger partial charge >= 0.3 is 12.1 Å². The van der Waals surface area contributed by atoms with Gasteiger partial charge in [0.25, 0.3) is 5.91 Å². The van der Waals surface area contributed by atoms with Gasteiger partial charge in [0.1, 0.15) is 0 Å². The third-order valence-electron chi connectivity index (χ3n) is 4.69. The quantitative estimate of drug-likeness (QED) is 0.615. The molecule has 0 aliphatic carbocycles. The van der Waals surface area contributed by atoms with Crippen molar-refractivity contribution in [2.24, 2.45) is 0 Å². The molecule has 0 spiro atoms. The zero-order valence-electron chi connectivity index (χ0n) is 16.2. The van der Waals surface area contributed by atoms with Crippen LogP contribution in [0.4, 0.5) is 18.9 Å². The van der Waals surface area contributed by atoms with Gasteiger partial charge in [0.15, 0.2) is 0 Å². The Labute approximate surface area is 170 Å². The third kappa shape index (κ3) is 4.37. The SMILES string of the molecule is Cc1cc(C(=O)Nc2ccc(CC(=O)O)cc2)c(C)n1-c1ccccc1C(F)(F)F. The van der Waals surface area contributed by atoms with Crippen molar-refractivity contribution in [3.63, 3.8) is 0 Å². The number of anilines is 1. The van der Waals surface area contributed by atoms with Crippen molar-refractivity contribution in [1.29, 1.82) is 0 Å². The summed E-state index contributed by atoms with van der Waals surface area (Å²) in [4.78, 5) is 23.5. The van der Waals surface area contributed by atoms with Crippen LogP contribution in [0.25, 0.3) is 5.69 Å². The van der Waals surface area contributed by atoms with Gasteiger partial charge in [-0.3, -0.25) is 9.59 Å². The average molecular weight is 416 g/mol. The maximum Gasteiger partial charge on any atom is 0.418 e. The van der Waals surface area contributed by atoms with E-state index < -0.39 is 23.6 Å². The van der Waals surface area contributed by atoms with Crippen LogP contribution in [0.2, 0.25) is 0 Å². The van der Waals surface area contributed by atoms with E-state index in [2.05, 4.69) is 5.32 Å². The Morgan fingerprint density at radius 3 is 2.27 bits per heavy atom. The maximum atomic E-state index is 13.4. The van der Waals surface area contributed by atoms with Crippen molar-refractivity contribution in [2.75, 3.05) is 5.32 Å². The summed E-state index contributed by atoms with van der Waals surface area (Å²) in [7, 11) is 0. The molecular weight excluding hydrogens is 397 g/mol. The highest BCUT2D eigenvalue weighted by Gasteiger charge is 2.34. The summed E-state index contributed by atoms with van der Waals surface area (Å²) < 4.78 is 41.7. The first-order valence-electron chi connectivity index (χ1n) is 9.05. The summed E-state index contributed by atoms with van der Waals surface area (Å²) in [5.41, 5.74) is 1.33. The number of para-hydroxylation sites is 1. The number of benzene rings is 2. The normalized spacial score (nSPS) is 11.4. The minimum Gasteiger partial charge on any atom is -0.481 e. The number of hydrogen-bond acceptors (Lipinski definition) is 2. The molecule has 1 amide bonds. The average Bonchev–Trinajstić information content (AvgIpc) is 2.96. The van der Waals surface area contributed by atoms with Crippen LogP contribution in [0.5, 0.6) is 0 Å². The van der Waals surface area contributed by atoms with E-state index in [1.807, 2.05) is 0 Å². The predicted molar refractivity (Wildman–Crippen MR) is 106 cm³/mol. The number of halogens is 3. The molecule has 0 bridgehead atoms. The van der Waals surface area contributed by atoms with Gasteiger partial charge in [-0.2, -0.15) is 13.2 Å². The minimum atomic E-state index is -4.53. The van der Waals surface area contributed by atoms with Crippen molar-refractivity contribution in [1.82, 2.24) is 4.57 Å². The Hall–Kier alpha value is -3.55. The summed E-state index contributed by atoms with van der Waals surface area (Å²) in [6, 6.07) is 13.1. The largest absolute Gasteiger partial charge is 0.481 e. The number of nitrogens with zero attached hydrogens (tertiary/aromatic N) is 1. The molecule has 30 heavy (non-hydrogen) atoms. The summed E-state index contributed by atoms with van der Waals surface area (Å²) in [6.45, 7) is 3.22. The van der Waals surface area contributed by atoms with Crippen molar-refractivity contribution >= 4 is 17.6 Å². The maximum absolute atomic E-state index is 13.4. The molecule has 1 aromatic heterocycles. The molecule has 1 heterocycles. The van der Waals surface area contributed by atoms with E-state index in [1.165, 1.54) is 28.8 Å². The van der Waals surface area contributed by atoms with E-state index in [4.69, 9.17) is 5.11 Å². The van der Waals surface area contributed by atoms with Crippen molar-refractivity contribution in [2.45, 2.75) is 26.4 Å². The second-order valence-corrected chi connectivity index (χ2v) is 6.86. The van der Waals surface area contributed by atoms with Gasteiger partial charge < -0.3 is 15.0 Å². The first-order valence-corrected chi connectivity index (χ1v) is 9.05. The Kier molecular flexibility index (Phi) is 5.69. The molecule has 156 valence electrons. The fraction of sp³-hybridized carbons (Fsp3) is 0.182. The highest BCUT2D eigenvalue weighted by molar-refractivity contribution is 6.05. The van der Waals surface area contributed by atoms with E-state index in [1.54, 1.807) is 38.1 Å². The summed E-state index contributed by atoms with van der Waals surface area (Å²) in [5.74, 6) is -1.43. The Balaban J connectivity index is 1.91. The number of alkyl halides is 3. The van der Waals surface area contributed by atoms with E-state index in [9.17, 15) is 22.8 Å². The number of nitrogens with one attached hydrogen (secondary N) is 1. The van der Waals surface area contributed by atoms with Gasteiger partial charge in [0.05, 0.1) is 23.2 Å². The number of aliphatic carboxylic acids is 1. The van der Waals surface area contributed by atoms with Crippen LogP contribution in [0, 0.1) is 13.8 Å². The van der Waals surface area contributed by atoms with Gasteiger partial charge in [0.2, 0.25) is 0 Å². The highest BCUT2D eigenvalue weighted by atomic mass is 19.4. The van der Waals surface area contributed by atoms with Crippen LogP contribution in [0.15, 0.2) is 54.6 Å². The number of aromatic nitrogens is 1. The number of carboxylic acid groups (broad SMARTS) is 1. The molecule has 0 unspecified atom stereocenters. The van der Waals surface area contributed by atoms with Crippen LogP contribution in [0.3, 0.4) is 0 Å². The molecule has 0 aliphatic rings. The minimum absolute atomic E-state index is 0.0444. The molecule has 0 atom stereocenters. The molecule has 0 saturated heterocycles. The van der Waals surface area contributed by atoms with E-state index >= 15 is 0 Å². The monoisotopic (exact) mass is 416 g/mol. The van der Waals surface area contributed by atoms with E-state index in [0.29, 0.717) is 22.6 Å². The van der Waals surface area contributed by atoms with Crippen LogP contribution in [-0.4, -0.2) is 21.6 Å². The Morgan fingerprint density at radius 1 is 1.03 bits per heavy atom. The molecule has 3 rings (SSSR count). The summed E-state index contributed by atoms with van der Waals surface area (Å²) in [6.07, 6.45) is -4.66. The summed E-state index contributed by atoms with van der Waals surface area (Å²) in [5, 5.41) is 11.5. The first kappa shape index (κ1) is 21.2. The van der Waals surface area contributed by atoms with Gasteiger partial charge in [-0.25, -0.2) is 0 Å². The number of carboxylic acids is 1. The molecule has 2 N–H and O–H groups in total. The predicted octanol–water partition coefficient (Wildman–Crippen LogP) is 4.99.